The Kier molecular flexibility index (Phi) is 7.00. The van der Waals surface area contributed by atoms with Gasteiger partial charge in [-0.25, -0.2) is 9.79 Å². The van der Waals surface area contributed by atoms with E-state index in [1.54, 1.807) is 24.5 Å². The van der Waals surface area contributed by atoms with Gasteiger partial charge in [-0.2, -0.15) is 0 Å². The van der Waals surface area contributed by atoms with Gasteiger partial charge < -0.3 is 9.15 Å². The Morgan fingerprint density at radius 2 is 1.92 bits per heavy atom. The summed E-state index contributed by atoms with van der Waals surface area (Å²) in [6, 6.07) is 20.0. The van der Waals surface area contributed by atoms with Crippen LogP contribution in [0.4, 0.5) is 0 Å². The summed E-state index contributed by atoms with van der Waals surface area (Å²) in [6.07, 6.45) is 1.71. The number of thiazole rings is 1. The molecule has 2 aromatic heterocycles. The average molecular weight is 537 g/mol. The van der Waals surface area contributed by atoms with Crippen molar-refractivity contribution in [1.82, 2.24) is 4.57 Å². The lowest BCUT2D eigenvalue weighted by atomic mass is 9.96. The van der Waals surface area contributed by atoms with Gasteiger partial charge in [-0.05, 0) is 55.8 Å². The number of esters is 1. The first-order chi connectivity index (χ1) is 17.4. The monoisotopic (exact) mass is 536 g/mol. The number of fused-ring (bicyclic) bond motifs is 1. The van der Waals surface area contributed by atoms with E-state index < -0.39 is 12.0 Å². The molecule has 0 amide bonds. The lowest BCUT2D eigenvalue weighted by Gasteiger charge is -2.24. The molecular weight excluding hydrogens is 516 g/mol. The van der Waals surface area contributed by atoms with Gasteiger partial charge in [0, 0.05) is 16.0 Å². The molecule has 182 valence electrons. The van der Waals surface area contributed by atoms with Crippen molar-refractivity contribution in [3.05, 3.63) is 114 Å². The van der Waals surface area contributed by atoms with Crippen molar-refractivity contribution in [2.75, 3.05) is 6.61 Å². The Morgan fingerprint density at radius 1 is 1.17 bits per heavy atom. The third kappa shape index (κ3) is 4.84. The standard InChI is InChI=1S/C27H21ClN2O4S2/c1-3-33-26(32)23-16(2)29-27-30(24(23)17-7-5-4-6-8-17)25(31)21(36-27)15-19-11-14-22(34-19)35-20-12-9-18(28)10-13-20/h4-15,24H,3H2,1-2H3/b21-15+/t24-/m0/s1. The molecular formula is C27H21ClN2O4S2. The van der Waals surface area contributed by atoms with Crippen LogP contribution in [0.25, 0.3) is 6.08 Å². The first kappa shape index (κ1) is 24.4. The molecule has 0 saturated carbocycles. The number of aromatic nitrogens is 1. The van der Waals surface area contributed by atoms with E-state index in [4.69, 9.17) is 20.8 Å². The number of allylic oxidation sites excluding steroid dienone is 1. The van der Waals surface area contributed by atoms with Crippen LogP contribution in [0.15, 0.2) is 102 Å². The third-order valence-electron chi connectivity index (χ3n) is 5.54. The number of ether oxygens (including phenoxy) is 1. The summed E-state index contributed by atoms with van der Waals surface area (Å²) in [5.74, 6) is 0.0751. The second-order valence-corrected chi connectivity index (χ2v) is 10.4. The Hall–Kier alpha value is -3.33. The molecule has 0 radical (unpaired) electrons. The smallest absolute Gasteiger partial charge is 0.338 e. The SMILES string of the molecule is CCOC(=O)C1=C(C)N=c2s/c(=C/c3ccc(Sc4ccc(Cl)cc4)o3)c(=O)n2[C@H]1c1ccccc1. The molecule has 0 spiro atoms. The zero-order chi connectivity index (χ0) is 25.2. The van der Waals surface area contributed by atoms with Crippen LogP contribution in [0, 0.1) is 0 Å². The summed E-state index contributed by atoms with van der Waals surface area (Å²) >= 11 is 8.69. The predicted molar refractivity (Wildman–Crippen MR) is 141 cm³/mol. The lowest BCUT2D eigenvalue weighted by molar-refractivity contribution is -0.139. The van der Waals surface area contributed by atoms with Gasteiger partial charge in [0.15, 0.2) is 9.89 Å². The highest BCUT2D eigenvalue weighted by molar-refractivity contribution is 7.99. The lowest BCUT2D eigenvalue weighted by Crippen LogP contribution is -2.39. The molecule has 4 aromatic rings. The van der Waals surface area contributed by atoms with Gasteiger partial charge in [0.1, 0.15) is 5.76 Å². The molecule has 36 heavy (non-hydrogen) atoms. The molecule has 3 heterocycles. The van der Waals surface area contributed by atoms with Crippen molar-refractivity contribution in [3.63, 3.8) is 0 Å². The molecule has 6 nitrogen and oxygen atoms in total. The summed E-state index contributed by atoms with van der Waals surface area (Å²) in [7, 11) is 0. The topological polar surface area (TPSA) is 73.8 Å². The number of halogens is 1. The number of nitrogens with zero attached hydrogens (tertiary/aromatic N) is 2. The molecule has 5 rings (SSSR count). The molecule has 2 aromatic carbocycles. The Bertz CT molecular complexity index is 1630. The molecule has 1 atom stereocenters. The van der Waals surface area contributed by atoms with Gasteiger partial charge in [0.05, 0.1) is 28.5 Å². The highest BCUT2D eigenvalue weighted by Gasteiger charge is 2.33. The number of carbonyl (C=O) groups excluding carboxylic acids is 1. The number of furan rings is 1. The first-order valence-electron chi connectivity index (χ1n) is 11.2. The van der Waals surface area contributed by atoms with Gasteiger partial charge >= 0.3 is 5.97 Å². The molecule has 1 aliphatic rings. The van der Waals surface area contributed by atoms with E-state index in [-0.39, 0.29) is 12.2 Å². The van der Waals surface area contributed by atoms with Crippen LogP contribution in [0.1, 0.15) is 31.2 Å². The Balaban J connectivity index is 1.56. The number of benzene rings is 2. The maximum Gasteiger partial charge on any atom is 0.338 e. The zero-order valence-electron chi connectivity index (χ0n) is 19.4. The Morgan fingerprint density at radius 3 is 2.64 bits per heavy atom. The van der Waals surface area contributed by atoms with E-state index in [2.05, 4.69) is 4.99 Å². The second kappa shape index (κ2) is 10.3. The molecule has 0 aliphatic carbocycles. The van der Waals surface area contributed by atoms with Crippen LogP contribution in [0.5, 0.6) is 0 Å². The van der Waals surface area contributed by atoms with Crippen molar-refractivity contribution in [3.8, 4) is 0 Å². The van der Waals surface area contributed by atoms with Gasteiger partial charge in [-0.15, -0.1) is 0 Å². The van der Waals surface area contributed by atoms with Gasteiger partial charge in [-0.1, -0.05) is 65.0 Å². The molecule has 0 bridgehead atoms. The van der Waals surface area contributed by atoms with Gasteiger partial charge in [0.2, 0.25) is 0 Å². The summed E-state index contributed by atoms with van der Waals surface area (Å²) in [6.45, 7) is 3.76. The summed E-state index contributed by atoms with van der Waals surface area (Å²) in [5, 5.41) is 1.36. The van der Waals surface area contributed by atoms with Crippen LogP contribution >= 0.6 is 34.7 Å². The molecule has 0 saturated heterocycles. The van der Waals surface area contributed by atoms with E-state index in [1.165, 1.54) is 23.1 Å². The molecule has 1 aliphatic heterocycles. The average Bonchev–Trinajstić information content (AvgIpc) is 3.44. The van der Waals surface area contributed by atoms with Crippen LogP contribution in [0.3, 0.4) is 0 Å². The third-order valence-corrected chi connectivity index (χ3v) is 7.70. The molecule has 9 heteroatoms. The van der Waals surface area contributed by atoms with E-state index in [0.717, 1.165) is 10.5 Å². The normalized spacial score (nSPS) is 15.5. The van der Waals surface area contributed by atoms with Crippen LogP contribution < -0.4 is 14.9 Å². The fourth-order valence-corrected chi connectivity index (χ4v) is 5.89. The van der Waals surface area contributed by atoms with Crippen molar-refractivity contribution < 1.29 is 13.9 Å². The number of hydrogen-bond acceptors (Lipinski definition) is 7. The van der Waals surface area contributed by atoms with Crippen molar-refractivity contribution in [1.29, 1.82) is 0 Å². The number of carbonyl (C=O) groups is 1. The summed E-state index contributed by atoms with van der Waals surface area (Å²) < 4.78 is 13.3. The maximum absolute atomic E-state index is 13.6. The quantitative estimate of drug-likeness (QED) is 0.317. The van der Waals surface area contributed by atoms with Crippen LogP contribution in [-0.4, -0.2) is 17.1 Å². The number of hydrogen-bond donors (Lipinski definition) is 0. The molecule has 0 N–H and O–H groups in total. The van der Waals surface area contributed by atoms with Crippen molar-refractivity contribution in [2.24, 2.45) is 4.99 Å². The zero-order valence-corrected chi connectivity index (χ0v) is 21.8. The molecule has 0 fully saturated rings. The van der Waals surface area contributed by atoms with E-state index in [0.29, 0.717) is 36.5 Å². The largest absolute Gasteiger partial charge is 0.463 e. The number of rotatable bonds is 6. The summed E-state index contributed by atoms with van der Waals surface area (Å²) in [4.78, 5) is 32.6. The summed E-state index contributed by atoms with van der Waals surface area (Å²) in [5.41, 5.74) is 1.46. The van der Waals surface area contributed by atoms with Gasteiger partial charge in [0.25, 0.3) is 5.56 Å². The van der Waals surface area contributed by atoms with Crippen LogP contribution in [0.2, 0.25) is 5.02 Å². The predicted octanol–water partition coefficient (Wildman–Crippen LogP) is 5.20. The highest BCUT2D eigenvalue weighted by atomic mass is 35.5. The fourth-order valence-electron chi connectivity index (χ4n) is 3.96. The van der Waals surface area contributed by atoms with E-state index >= 15 is 0 Å². The maximum atomic E-state index is 13.6. The minimum atomic E-state index is -0.628. The second-order valence-electron chi connectivity index (χ2n) is 7.93. The highest BCUT2D eigenvalue weighted by Crippen LogP contribution is 2.31. The first-order valence-corrected chi connectivity index (χ1v) is 13.2. The van der Waals surface area contributed by atoms with Crippen molar-refractivity contribution in [2.45, 2.75) is 29.9 Å². The van der Waals surface area contributed by atoms with E-state index in [1.807, 2.05) is 66.7 Å². The Labute approximate surface area is 220 Å². The minimum absolute atomic E-state index is 0.233. The van der Waals surface area contributed by atoms with Gasteiger partial charge in [-0.3, -0.25) is 9.36 Å². The fraction of sp³-hybridized carbons (Fsp3) is 0.148. The van der Waals surface area contributed by atoms with E-state index in [9.17, 15) is 9.59 Å². The van der Waals surface area contributed by atoms with Crippen molar-refractivity contribution >= 4 is 46.7 Å². The minimum Gasteiger partial charge on any atom is -0.463 e. The molecule has 0 unspecified atom stereocenters. The van der Waals surface area contributed by atoms with Crippen LogP contribution in [-0.2, 0) is 9.53 Å².